The highest BCUT2D eigenvalue weighted by molar-refractivity contribution is 7.98. The minimum Gasteiger partial charge on any atom is -0.478 e. The summed E-state index contributed by atoms with van der Waals surface area (Å²) in [7, 11) is 0. The van der Waals surface area contributed by atoms with Crippen LogP contribution in [0.4, 0.5) is 15.9 Å². The highest BCUT2D eigenvalue weighted by Gasteiger charge is 2.30. The molecule has 4 rings (SSSR count). The van der Waals surface area contributed by atoms with Crippen molar-refractivity contribution in [2.24, 2.45) is 0 Å². The Morgan fingerprint density at radius 3 is 2.68 bits per heavy atom. The zero-order valence-electron chi connectivity index (χ0n) is 17.4. The van der Waals surface area contributed by atoms with Crippen molar-refractivity contribution < 1.29 is 14.3 Å². The molecule has 0 atom stereocenters. The first-order valence-corrected chi connectivity index (χ1v) is 10.8. The fourth-order valence-corrected chi connectivity index (χ4v) is 4.03. The molecule has 0 saturated carbocycles. The molecule has 3 aromatic rings. The summed E-state index contributed by atoms with van der Waals surface area (Å²) in [5.41, 5.74) is 4.24. The van der Waals surface area contributed by atoms with Crippen LogP contribution in [0.5, 0.6) is 0 Å². The van der Waals surface area contributed by atoms with Gasteiger partial charge in [-0.25, -0.2) is 19.2 Å². The zero-order chi connectivity index (χ0) is 22.3. The number of anilines is 2. The van der Waals surface area contributed by atoms with Crippen molar-refractivity contribution in [1.29, 1.82) is 0 Å². The highest BCUT2D eigenvalue weighted by Crippen LogP contribution is 2.41. The maximum Gasteiger partial charge on any atom is 0.335 e. The van der Waals surface area contributed by atoms with Gasteiger partial charge in [-0.15, -0.1) is 0 Å². The molecule has 2 aromatic carbocycles. The number of rotatable bonds is 4. The number of nitrogens with one attached hydrogen (secondary N) is 1. The lowest BCUT2D eigenvalue weighted by atomic mass is 9.97. The maximum absolute atomic E-state index is 14.9. The van der Waals surface area contributed by atoms with Crippen LogP contribution in [0.3, 0.4) is 0 Å². The molecule has 0 bridgehead atoms. The van der Waals surface area contributed by atoms with Gasteiger partial charge in [-0.1, -0.05) is 36.5 Å². The van der Waals surface area contributed by atoms with E-state index in [9.17, 15) is 14.3 Å². The van der Waals surface area contributed by atoms with E-state index in [1.807, 2.05) is 26.2 Å². The first kappa shape index (κ1) is 20.9. The number of hydrogen-bond donors (Lipinski definition) is 2. The van der Waals surface area contributed by atoms with E-state index in [2.05, 4.69) is 16.9 Å². The number of carboxylic acids is 1. The first-order chi connectivity index (χ1) is 14.8. The maximum atomic E-state index is 14.9. The quantitative estimate of drug-likeness (QED) is 0.439. The van der Waals surface area contributed by atoms with E-state index in [1.165, 1.54) is 17.8 Å². The van der Waals surface area contributed by atoms with E-state index in [0.29, 0.717) is 40.3 Å². The van der Waals surface area contributed by atoms with Crippen molar-refractivity contribution in [3.05, 3.63) is 76.9 Å². The third-order valence-electron chi connectivity index (χ3n) is 5.25. The molecule has 8 heteroatoms. The van der Waals surface area contributed by atoms with Gasteiger partial charge < -0.3 is 10.4 Å². The molecule has 6 nitrogen and oxygen atoms in total. The van der Waals surface area contributed by atoms with E-state index in [1.54, 1.807) is 29.2 Å². The predicted molar refractivity (Wildman–Crippen MR) is 120 cm³/mol. The molecule has 158 valence electrons. The lowest BCUT2D eigenvalue weighted by Crippen LogP contribution is -2.35. The molecule has 0 radical (unpaired) electrons. The Hall–Kier alpha value is -3.39. The molecule has 1 aliphatic heterocycles. The third kappa shape index (κ3) is 3.63. The number of thioether (sulfide) groups is 1. The van der Waals surface area contributed by atoms with Gasteiger partial charge in [-0.2, -0.15) is 0 Å². The van der Waals surface area contributed by atoms with Crippen LogP contribution in [-0.2, 0) is 6.54 Å². The molecule has 2 N–H and O–H groups in total. The SMILES string of the molecule is C=C1NCc2c(-c3cc(C(=O)O)ccc3C)nc(SC)nc2N1c1c(C)cccc1F. The Morgan fingerprint density at radius 1 is 1.23 bits per heavy atom. The van der Waals surface area contributed by atoms with E-state index in [-0.39, 0.29) is 11.4 Å². The first-order valence-electron chi connectivity index (χ1n) is 9.59. The Morgan fingerprint density at radius 2 is 2.00 bits per heavy atom. The second-order valence-corrected chi connectivity index (χ2v) is 8.01. The number of fused-ring (bicyclic) bond motifs is 1. The minimum atomic E-state index is -1.01. The average molecular weight is 437 g/mol. The second-order valence-electron chi connectivity index (χ2n) is 7.24. The summed E-state index contributed by atoms with van der Waals surface area (Å²) < 4.78 is 14.9. The molecule has 0 spiro atoms. The van der Waals surface area contributed by atoms with Crippen molar-refractivity contribution in [1.82, 2.24) is 15.3 Å². The van der Waals surface area contributed by atoms with Crippen LogP contribution < -0.4 is 10.2 Å². The lowest BCUT2D eigenvalue weighted by Gasteiger charge is -2.35. The van der Waals surface area contributed by atoms with E-state index < -0.39 is 5.97 Å². The molecule has 0 amide bonds. The summed E-state index contributed by atoms with van der Waals surface area (Å²) in [6.45, 7) is 8.19. The normalized spacial score (nSPS) is 13.0. The average Bonchev–Trinajstić information content (AvgIpc) is 2.74. The summed E-state index contributed by atoms with van der Waals surface area (Å²) in [4.78, 5) is 22.6. The summed E-state index contributed by atoms with van der Waals surface area (Å²) in [5.74, 6) is -0.352. The fourth-order valence-electron chi connectivity index (χ4n) is 3.67. The Balaban J connectivity index is 2.01. The van der Waals surface area contributed by atoms with Crippen LogP contribution in [-0.4, -0.2) is 27.3 Å². The monoisotopic (exact) mass is 436 g/mol. The number of hydrogen-bond acceptors (Lipinski definition) is 6. The summed E-state index contributed by atoms with van der Waals surface area (Å²) in [5, 5.41) is 13.2. The molecule has 2 heterocycles. The van der Waals surface area contributed by atoms with Gasteiger partial charge in [0.05, 0.1) is 16.9 Å². The topological polar surface area (TPSA) is 78.3 Å². The van der Waals surface area contributed by atoms with Gasteiger partial charge in [0, 0.05) is 17.7 Å². The van der Waals surface area contributed by atoms with Gasteiger partial charge in [0.1, 0.15) is 17.5 Å². The summed E-state index contributed by atoms with van der Waals surface area (Å²) in [6.07, 6.45) is 1.86. The van der Waals surface area contributed by atoms with Gasteiger partial charge in [-0.05, 0) is 49.4 Å². The Kier molecular flexibility index (Phi) is 5.41. The van der Waals surface area contributed by atoms with Crippen molar-refractivity contribution >= 4 is 29.2 Å². The number of benzene rings is 2. The lowest BCUT2D eigenvalue weighted by molar-refractivity contribution is 0.0697. The fraction of sp³-hybridized carbons (Fsp3) is 0.174. The Labute approximate surface area is 183 Å². The van der Waals surface area contributed by atoms with Crippen LogP contribution in [0.15, 0.2) is 54.0 Å². The van der Waals surface area contributed by atoms with Crippen molar-refractivity contribution in [2.75, 3.05) is 11.2 Å². The minimum absolute atomic E-state index is 0.175. The molecule has 1 aliphatic rings. The molecular weight excluding hydrogens is 415 g/mol. The molecule has 0 unspecified atom stereocenters. The molecule has 1 aromatic heterocycles. The smallest absolute Gasteiger partial charge is 0.335 e. The predicted octanol–water partition coefficient (Wildman–Crippen LogP) is 5.03. The van der Waals surface area contributed by atoms with Crippen molar-refractivity contribution in [3.63, 3.8) is 0 Å². The summed E-state index contributed by atoms with van der Waals surface area (Å²) >= 11 is 1.36. The summed E-state index contributed by atoms with van der Waals surface area (Å²) in [6, 6.07) is 9.85. The number of aryl methyl sites for hydroxylation is 2. The third-order valence-corrected chi connectivity index (χ3v) is 5.80. The van der Waals surface area contributed by atoms with Gasteiger partial charge in [0.15, 0.2) is 5.16 Å². The van der Waals surface area contributed by atoms with Crippen molar-refractivity contribution in [2.45, 2.75) is 25.5 Å². The zero-order valence-corrected chi connectivity index (χ0v) is 18.2. The van der Waals surface area contributed by atoms with Crippen LogP contribution in [0.1, 0.15) is 27.0 Å². The number of para-hydroxylation sites is 1. The van der Waals surface area contributed by atoms with Gasteiger partial charge in [-0.3, -0.25) is 4.90 Å². The number of aromatic nitrogens is 2. The number of nitrogens with zero attached hydrogens (tertiary/aromatic N) is 3. The molecular formula is C23H21FN4O2S. The number of carbonyl (C=O) groups is 1. The number of carboxylic acid groups (broad SMARTS) is 1. The van der Waals surface area contributed by atoms with E-state index in [0.717, 1.165) is 16.7 Å². The van der Waals surface area contributed by atoms with Crippen LogP contribution in [0.25, 0.3) is 11.3 Å². The van der Waals surface area contributed by atoms with E-state index >= 15 is 0 Å². The van der Waals surface area contributed by atoms with Crippen LogP contribution >= 0.6 is 11.8 Å². The second kappa shape index (κ2) is 8.03. The van der Waals surface area contributed by atoms with Gasteiger partial charge in [0.2, 0.25) is 0 Å². The molecule has 0 aliphatic carbocycles. The van der Waals surface area contributed by atoms with Crippen molar-refractivity contribution in [3.8, 4) is 11.3 Å². The molecule has 31 heavy (non-hydrogen) atoms. The number of halogens is 1. The van der Waals surface area contributed by atoms with Crippen LogP contribution in [0, 0.1) is 19.7 Å². The van der Waals surface area contributed by atoms with E-state index in [4.69, 9.17) is 4.98 Å². The largest absolute Gasteiger partial charge is 0.478 e. The van der Waals surface area contributed by atoms with Gasteiger partial charge in [0.25, 0.3) is 0 Å². The van der Waals surface area contributed by atoms with Gasteiger partial charge >= 0.3 is 5.97 Å². The highest BCUT2D eigenvalue weighted by atomic mass is 32.2. The number of aromatic carboxylic acids is 1. The Bertz CT molecular complexity index is 1210. The standard InChI is InChI=1S/C23H21FN4O2S/c1-12-8-9-15(22(29)30)10-16(12)19-17-11-25-14(3)28(21(17)27-23(26-19)31-4)20-13(2)6-5-7-18(20)24/h5-10,25H,3,11H2,1-2,4H3,(H,29,30). The molecule has 0 fully saturated rings. The molecule has 0 saturated heterocycles. The van der Waals surface area contributed by atoms with Crippen LogP contribution in [0.2, 0.25) is 0 Å².